The van der Waals surface area contributed by atoms with Gasteiger partial charge in [0.1, 0.15) is 5.82 Å². The minimum Gasteiger partial charge on any atom is -0.207 e. The molecule has 0 amide bonds. The van der Waals surface area contributed by atoms with Gasteiger partial charge in [-0.2, -0.15) is 13.2 Å². The van der Waals surface area contributed by atoms with Crippen molar-refractivity contribution in [2.45, 2.75) is 13.1 Å². The number of hydrogen-bond donors (Lipinski definition) is 0. The molecule has 0 aromatic heterocycles. The van der Waals surface area contributed by atoms with Gasteiger partial charge in [-0.1, -0.05) is 30.3 Å². The molecule has 4 heteroatoms. The van der Waals surface area contributed by atoms with Crippen LogP contribution in [-0.2, 0) is 6.18 Å². The standard InChI is InChI=1S/C14H10F4/c1-9-10(6-4-8-13(9)15)11-5-2-3-7-12(11)14(16,17)18/h2-8H,1H3. The number of rotatable bonds is 1. The van der Waals surface area contributed by atoms with E-state index in [-0.39, 0.29) is 16.7 Å². The molecule has 0 atom stereocenters. The first-order valence-electron chi connectivity index (χ1n) is 5.33. The van der Waals surface area contributed by atoms with E-state index in [0.29, 0.717) is 0 Å². The summed E-state index contributed by atoms with van der Waals surface area (Å²) >= 11 is 0. The summed E-state index contributed by atoms with van der Waals surface area (Å²) < 4.78 is 52.0. The lowest BCUT2D eigenvalue weighted by Crippen LogP contribution is -2.07. The van der Waals surface area contributed by atoms with Crippen LogP contribution >= 0.6 is 0 Å². The smallest absolute Gasteiger partial charge is 0.207 e. The minimum absolute atomic E-state index is 0.00185. The molecule has 0 spiro atoms. The van der Waals surface area contributed by atoms with Crippen LogP contribution in [0.25, 0.3) is 11.1 Å². The van der Waals surface area contributed by atoms with E-state index in [1.165, 1.54) is 43.3 Å². The van der Waals surface area contributed by atoms with Gasteiger partial charge in [0.2, 0.25) is 0 Å². The normalized spacial score (nSPS) is 11.6. The van der Waals surface area contributed by atoms with Gasteiger partial charge in [0.25, 0.3) is 0 Å². The van der Waals surface area contributed by atoms with Crippen LogP contribution in [0.15, 0.2) is 42.5 Å². The highest BCUT2D eigenvalue weighted by Gasteiger charge is 2.33. The number of hydrogen-bond acceptors (Lipinski definition) is 0. The van der Waals surface area contributed by atoms with E-state index in [4.69, 9.17) is 0 Å². The van der Waals surface area contributed by atoms with E-state index in [0.717, 1.165) is 6.07 Å². The van der Waals surface area contributed by atoms with Gasteiger partial charge >= 0.3 is 6.18 Å². The molecule has 0 aliphatic rings. The van der Waals surface area contributed by atoms with E-state index >= 15 is 0 Å². The Bertz CT molecular complexity index is 570. The van der Waals surface area contributed by atoms with Crippen molar-refractivity contribution in [2.75, 3.05) is 0 Å². The molecule has 0 heterocycles. The second-order valence-electron chi connectivity index (χ2n) is 3.96. The summed E-state index contributed by atoms with van der Waals surface area (Å²) in [5, 5.41) is 0. The van der Waals surface area contributed by atoms with Crippen molar-refractivity contribution >= 4 is 0 Å². The molecule has 0 bridgehead atoms. The third kappa shape index (κ3) is 2.23. The van der Waals surface area contributed by atoms with E-state index in [1.807, 2.05) is 0 Å². The lowest BCUT2D eigenvalue weighted by Gasteiger charge is -2.14. The van der Waals surface area contributed by atoms with Crippen molar-refractivity contribution in [3.63, 3.8) is 0 Å². The summed E-state index contributed by atoms with van der Waals surface area (Å²) in [6.07, 6.45) is -4.45. The Kier molecular flexibility index (Phi) is 3.11. The largest absolute Gasteiger partial charge is 0.417 e. The first-order valence-corrected chi connectivity index (χ1v) is 5.33. The average Bonchev–Trinajstić information content (AvgIpc) is 2.32. The summed E-state index contributed by atoms with van der Waals surface area (Å²) in [5.41, 5.74) is -0.266. The third-order valence-corrected chi connectivity index (χ3v) is 2.79. The molecule has 0 saturated heterocycles. The van der Waals surface area contributed by atoms with Crippen molar-refractivity contribution in [1.29, 1.82) is 0 Å². The van der Waals surface area contributed by atoms with Crippen molar-refractivity contribution < 1.29 is 17.6 Å². The number of halogens is 4. The van der Waals surface area contributed by atoms with Crippen molar-refractivity contribution in [3.8, 4) is 11.1 Å². The predicted octanol–water partition coefficient (Wildman–Crippen LogP) is 4.82. The van der Waals surface area contributed by atoms with Gasteiger partial charge in [-0.3, -0.25) is 0 Å². The van der Waals surface area contributed by atoms with E-state index < -0.39 is 17.6 Å². The molecule has 94 valence electrons. The molecular weight excluding hydrogens is 244 g/mol. The fourth-order valence-corrected chi connectivity index (χ4v) is 1.86. The maximum Gasteiger partial charge on any atom is 0.417 e. The molecule has 0 aliphatic heterocycles. The zero-order chi connectivity index (χ0) is 13.3. The Morgan fingerprint density at radius 3 is 2.11 bits per heavy atom. The van der Waals surface area contributed by atoms with Crippen molar-refractivity contribution in [3.05, 3.63) is 59.4 Å². The highest BCUT2D eigenvalue weighted by Crippen LogP contribution is 2.38. The van der Waals surface area contributed by atoms with Crippen LogP contribution in [0.1, 0.15) is 11.1 Å². The molecule has 2 aromatic rings. The van der Waals surface area contributed by atoms with Gasteiger partial charge < -0.3 is 0 Å². The van der Waals surface area contributed by atoms with Crippen LogP contribution in [0.4, 0.5) is 17.6 Å². The fraction of sp³-hybridized carbons (Fsp3) is 0.143. The van der Waals surface area contributed by atoms with Crippen LogP contribution in [0.2, 0.25) is 0 Å². The number of alkyl halides is 3. The summed E-state index contributed by atoms with van der Waals surface area (Å²) in [6.45, 7) is 1.47. The summed E-state index contributed by atoms with van der Waals surface area (Å²) in [4.78, 5) is 0. The second kappa shape index (κ2) is 4.44. The zero-order valence-electron chi connectivity index (χ0n) is 9.55. The topological polar surface area (TPSA) is 0 Å². The highest BCUT2D eigenvalue weighted by atomic mass is 19.4. The maximum absolute atomic E-state index is 13.4. The molecule has 0 aliphatic carbocycles. The Hall–Kier alpha value is -1.84. The molecule has 2 rings (SSSR count). The molecule has 18 heavy (non-hydrogen) atoms. The van der Waals surface area contributed by atoms with Gasteiger partial charge in [0.05, 0.1) is 5.56 Å². The van der Waals surface area contributed by atoms with E-state index in [9.17, 15) is 17.6 Å². The summed E-state index contributed by atoms with van der Waals surface area (Å²) in [6, 6.07) is 9.31. The lowest BCUT2D eigenvalue weighted by atomic mass is 9.95. The Balaban J connectivity index is 2.69. The highest BCUT2D eigenvalue weighted by molar-refractivity contribution is 5.71. The summed E-state index contributed by atoms with van der Waals surface area (Å²) in [5.74, 6) is -0.510. The lowest BCUT2D eigenvalue weighted by molar-refractivity contribution is -0.137. The first kappa shape index (κ1) is 12.6. The Morgan fingerprint density at radius 2 is 1.44 bits per heavy atom. The zero-order valence-corrected chi connectivity index (χ0v) is 9.55. The molecule has 0 N–H and O–H groups in total. The number of benzene rings is 2. The van der Waals surface area contributed by atoms with Gasteiger partial charge in [-0.15, -0.1) is 0 Å². The van der Waals surface area contributed by atoms with Crippen LogP contribution in [-0.4, -0.2) is 0 Å². The molecule has 0 unspecified atom stereocenters. The average molecular weight is 254 g/mol. The molecule has 0 radical (unpaired) electrons. The molecule has 0 nitrogen and oxygen atoms in total. The molecule has 2 aromatic carbocycles. The monoisotopic (exact) mass is 254 g/mol. The minimum atomic E-state index is -4.45. The molecule has 0 fully saturated rings. The quantitative estimate of drug-likeness (QED) is 0.640. The maximum atomic E-state index is 13.4. The molecular formula is C14H10F4. The fourth-order valence-electron chi connectivity index (χ4n) is 1.86. The Labute approximate surface area is 102 Å². The van der Waals surface area contributed by atoms with Crippen LogP contribution in [0.3, 0.4) is 0 Å². The second-order valence-corrected chi connectivity index (χ2v) is 3.96. The van der Waals surface area contributed by atoms with Crippen molar-refractivity contribution in [1.82, 2.24) is 0 Å². The van der Waals surface area contributed by atoms with Crippen LogP contribution in [0, 0.1) is 12.7 Å². The van der Waals surface area contributed by atoms with Crippen molar-refractivity contribution in [2.24, 2.45) is 0 Å². The van der Waals surface area contributed by atoms with Gasteiger partial charge in [-0.25, -0.2) is 4.39 Å². The van der Waals surface area contributed by atoms with Gasteiger partial charge in [-0.05, 0) is 35.7 Å². The van der Waals surface area contributed by atoms with Crippen LogP contribution < -0.4 is 0 Å². The third-order valence-electron chi connectivity index (χ3n) is 2.79. The van der Waals surface area contributed by atoms with Crippen LogP contribution in [0.5, 0.6) is 0 Å². The Morgan fingerprint density at radius 1 is 0.833 bits per heavy atom. The van der Waals surface area contributed by atoms with Gasteiger partial charge in [0.15, 0.2) is 0 Å². The van der Waals surface area contributed by atoms with Gasteiger partial charge in [0, 0.05) is 0 Å². The van der Waals surface area contributed by atoms with E-state index in [2.05, 4.69) is 0 Å². The predicted molar refractivity (Wildman–Crippen MR) is 61.6 cm³/mol. The first-order chi connectivity index (χ1) is 8.41. The molecule has 0 saturated carbocycles. The van der Waals surface area contributed by atoms with E-state index in [1.54, 1.807) is 0 Å². The SMILES string of the molecule is Cc1c(F)cccc1-c1ccccc1C(F)(F)F. The summed E-state index contributed by atoms with van der Waals surface area (Å²) in [7, 11) is 0.